The minimum absolute atomic E-state index is 0.0287. The second-order valence-corrected chi connectivity index (χ2v) is 9.48. The molecule has 0 spiro atoms. The molecule has 1 fully saturated rings. The summed E-state index contributed by atoms with van der Waals surface area (Å²) in [6.45, 7) is 0.762. The summed E-state index contributed by atoms with van der Waals surface area (Å²) >= 11 is 3.35. The summed E-state index contributed by atoms with van der Waals surface area (Å²) < 4.78 is 0.791. The molecule has 5 rings (SSSR count). The molecular weight excluding hydrogens is 516 g/mol. The molecule has 182 valence electrons. The number of H-pyrrole nitrogens is 4. The van der Waals surface area contributed by atoms with Gasteiger partial charge in [0.2, 0.25) is 0 Å². The molecule has 0 saturated heterocycles. The summed E-state index contributed by atoms with van der Waals surface area (Å²) in [6, 6.07) is 5.20. The first-order valence-corrected chi connectivity index (χ1v) is 11.8. The average molecular weight is 541 g/mol. The van der Waals surface area contributed by atoms with Crippen molar-refractivity contribution in [2.75, 3.05) is 24.6 Å². The van der Waals surface area contributed by atoms with Crippen LogP contribution in [0.25, 0.3) is 0 Å². The van der Waals surface area contributed by atoms with Crippen LogP contribution in [0.4, 0.5) is 11.9 Å². The number of aromatic nitrogens is 6. The van der Waals surface area contributed by atoms with Crippen LogP contribution in [-0.2, 0) is 0 Å². The van der Waals surface area contributed by atoms with Gasteiger partial charge in [-0.2, -0.15) is 0 Å². The molecule has 2 amide bonds. The highest BCUT2D eigenvalue weighted by molar-refractivity contribution is 9.10. The zero-order valence-electron chi connectivity index (χ0n) is 18.5. The van der Waals surface area contributed by atoms with Crippen LogP contribution >= 0.6 is 15.9 Å². The number of carbonyl (C=O) groups excluding carboxylic acids is 2. The van der Waals surface area contributed by atoms with Crippen molar-refractivity contribution in [3.05, 3.63) is 70.2 Å². The van der Waals surface area contributed by atoms with E-state index < -0.39 is 0 Å². The van der Waals surface area contributed by atoms with E-state index in [9.17, 15) is 9.59 Å². The van der Waals surface area contributed by atoms with Gasteiger partial charge in [-0.3, -0.25) is 9.59 Å². The number of nitrogens with two attached hydrogens (primary N) is 2. The number of rotatable bonds is 8. The fourth-order valence-corrected chi connectivity index (χ4v) is 5.29. The Morgan fingerprint density at radius 3 is 1.91 bits per heavy atom. The van der Waals surface area contributed by atoms with Crippen molar-refractivity contribution in [3.63, 3.8) is 0 Å². The third kappa shape index (κ3) is 4.54. The van der Waals surface area contributed by atoms with Crippen molar-refractivity contribution in [2.24, 2.45) is 11.8 Å². The van der Waals surface area contributed by atoms with Gasteiger partial charge in [0, 0.05) is 53.2 Å². The number of nitrogens with zero attached hydrogens (tertiary/aromatic N) is 2. The molecule has 0 bridgehead atoms. The van der Waals surface area contributed by atoms with E-state index in [4.69, 9.17) is 11.5 Å². The van der Waals surface area contributed by atoms with Crippen LogP contribution in [0, 0.1) is 11.8 Å². The van der Waals surface area contributed by atoms with E-state index in [0.717, 1.165) is 15.9 Å². The Balaban J connectivity index is 1.40. The molecule has 0 aromatic carbocycles. The van der Waals surface area contributed by atoms with Crippen molar-refractivity contribution in [2.45, 2.75) is 11.8 Å². The Morgan fingerprint density at radius 2 is 1.49 bits per heavy atom. The Morgan fingerprint density at radius 1 is 0.914 bits per heavy atom. The van der Waals surface area contributed by atoms with Gasteiger partial charge in [0.05, 0.1) is 12.4 Å². The summed E-state index contributed by atoms with van der Waals surface area (Å²) in [4.78, 5) is 45.8. The molecule has 0 aliphatic heterocycles. The van der Waals surface area contributed by atoms with Crippen molar-refractivity contribution in [1.82, 2.24) is 40.5 Å². The van der Waals surface area contributed by atoms with Crippen LogP contribution in [0.1, 0.15) is 44.2 Å². The average Bonchev–Trinajstić information content (AvgIpc) is 3.62. The lowest BCUT2D eigenvalue weighted by Gasteiger charge is -2.51. The van der Waals surface area contributed by atoms with Gasteiger partial charge < -0.3 is 42.0 Å². The van der Waals surface area contributed by atoms with E-state index in [2.05, 4.69) is 56.5 Å². The van der Waals surface area contributed by atoms with Crippen LogP contribution in [0.3, 0.4) is 0 Å². The van der Waals surface area contributed by atoms with Gasteiger partial charge in [0.1, 0.15) is 11.4 Å². The maximum absolute atomic E-state index is 12.7. The lowest BCUT2D eigenvalue weighted by atomic mass is 9.54. The molecule has 10 N–H and O–H groups in total. The monoisotopic (exact) mass is 540 g/mol. The number of hydrogen-bond donors (Lipinski definition) is 8. The maximum atomic E-state index is 12.7. The lowest BCUT2D eigenvalue weighted by Crippen LogP contribution is -2.53. The largest absolute Gasteiger partial charge is 0.369 e. The number of carbonyl (C=O) groups is 2. The normalized spacial score (nSPS) is 21.4. The fourth-order valence-electron chi connectivity index (χ4n) is 4.95. The van der Waals surface area contributed by atoms with Crippen LogP contribution in [0.5, 0.6) is 0 Å². The molecule has 4 heterocycles. The van der Waals surface area contributed by atoms with Crippen molar-refractivity contribution in [3.8, 4) is 0 Å². The summed E-state index contributed by atoms with van der Waals surface area (Å²) in [7, 11) is 0. The minimum Gasteiger partial charge on any atom is -0.369 e. The van der Waals surface area contributed by atoms with Crippen molar-refractivity contribution < 1.29 is 9.59 Å². The highest BCUT2D eigenvalue weighted by atomic mass is 79.9. The Labute approximate surface area is 208 Å². The minimum atomic E-state index is -0.220. The first-order valence-electron chi connectivity index (χ1n) is 11.0. The third-order valence-electron chi connectivity index (χ3n) is 6.54. The number of anilines is 2. The van der Waals surface area contributed by atoms with Gasteiger partial charge >= 0.3 is 0 Å². The molecular formula is C22H25BrN10O2. The molecule has 13 heteroatoms. The summed E-state index contributed by atoms with van der Waals surface area (Å²) in [6.07, 6.45) is 6.81. The zero-order chi connectivity index (χ0) is 24.5. The first-order chi connectivity index (χ1) is 16.9. The molecule has 35 heavy (non-hydrogen) atoms. The predicted octanol–water partition coefficient (Wildman–Crippen LogP) is 1.69. The maximum Gasteiger partial charge on any atom is 0.267 e. The Kier molecular flexibility index (Phi) is 6.07. The predicted molar refractivity (Wildman–Crippen MR) is 132 cm³/mol. The molecule has 1 saturated carbocycles. The van der Waals surface area contributed by atoms with Gasteiger partial charge in [-0.25, -0.2) is 9.97 Å². The molecule has 12 nitrogen and oxygen atoms in total. The van der Waals surface area contributed by atoms with Crippen molar-refractivity contribution in [1.29, 1.82) is 0 Å². The molecule has 4 atom stereocenters. The summed E-state index contributed by atoms with van der Waals surface area (Å²) in [5.41, 5.74) is 14.4. The van der Waals surface area contributed by atoms with E-state index in [0.29, 0.717) is 36.4 Å². The van der Waals surface area contributed by atoms with E-state index in [1.807, 2.05) is 0 Å². The van der Waals surface area contributed by atoms with E-state index >= 15 is 0 Å². The van der Waals surface area contributed by atoms with Crippen LogP contribution in [0.15, 0.2) is 47.5 Å². The Bertz CT molecular complexity index is 1320. The third-order valence-corrected chi connectivity index (χ3v) is 7.00. The fraction of sp³-hybridized carbons (Fsp3) is 0.273. The zero-order valence-corrected chi connectivity index (χ0v) is 20.1. The molecule has 1 aliphatic carbocycles. The molecule has 1 aliphatic rings. The van der Waals surface area contributed by atoms with Gasteiger partial charge in [-0.15, -0.1) is 0 Å². The van der Waals surface area contributed by atoms with Crippen LogP contribution in [-0.4, -0.2) is 54.8 Å². The number of imidazole rings is 2. The first kappa shape index (κ1) is 22.8. The summed E-state index contributed by atoms with van der Waals surface area (Å²) in [5, 5.41) is 6.03. The van der Waals surface area contributed by atoms with Gasteiger partial charge in [0.25, 0.3) is 11.8 Å². The molecule has 0 unspecified atom stereocenters. The van der Waals surface area contributed by atoms with Gasteiger partial charge in [-0.1, -0.05) is 0 Å². The lowest BCUT2D eigenvalue weighted by molar-refractivity contribution is 0.0674. The SMILES string of the molecule is Nc1ncc([C@H]2[C@H](CNC(=O)c3ccc[nH]3)[C@@H](CNC(=O)c3cc(Br)c[nH]3)[C@@H]2c2cnc(N)[nH]2)[nH]1. The number of aromatic amines is 4. The summed E-state index contributed by atoms with van der Waals surface area (Å²) in [5.74, 6) is 0.00658. The highest BCUT2D eigenvalue weighted by Crippen LogP contribution is 2.56. The van der Waals surface area contributed by atoms with Crippen LogP contribution in [0.2, 0.25) is 0 Å². The standard InChI is InChI=1S/C22H25BrN10O2/c23-10-4-14(27-5-10)20(35)29-7-12-11(6-28-19(34)13-2-1-3-26-13)17(15-8-30-21(24)32-15)18(12)16-9-31-22(25)33-16/h1-5,8-9,11-12,17-18,26-27H,6-7H2,(H,28,34)(H,29,35)(H3,24,30,32)(H3,25,31,33)/t11-,12-,17-,18-/m1/s1. The number of halogens is 1. The van der Waals surface area contributed by atoms with Crippen LogP contribution < -0.4 is 22.1 Å². The number of nitrogen functional groups attached to an aromatic ring is 2. The van der Waals surface area contributed by atoms with Crippen molar-refractivity contribution >= 4 is 39.6 Å². The highest BCUT2D eigenvalue weighted by Gasteiger charge is 2.53. The van der Waals surface area contributed by atoms with Gasteiger partial charge in [0.15, 0.2) is 11.9 Å². The molecule has 4 aromatic rings. The van der Waals surface area contributed by atoms with E-state index in [-0.39, 0.29) is 35.5 Å². The Hall–Kier alpha value is -4.00. The smallest absolute Gasteiger partial charge is 0.267 e. The second-order valence-electron chi connectivity index (χ2n) is 8.56. The van der Waals surface area contributed by atoms with E-state index in [1.54, 1.807) is 43.0 Å². The number of amides is 2. The molecule has 4 aromatic heterocycles. The number of hydrogen-bond acceptors (Lipinski definition) is 6. The topological polar surface area (TPSA) is 199 Å². The number of nitrogens with one attached hydrogen (secondary N) is 6. The second kappa shape index (κ2) is 9.33. The van der Waals surface area contributed by atoms with Gasteiger partial charge in [-0.05, 0) is 46.0 Å². The quantitative estimate of drug-likeness (QED) is 0.167. The molecule has 0 radical (unpaired) electrons. The van der Waals surface area contributed by atoms with E-state index in [1.165, 1.54) is 0 Å².